The van der Waals surface area contributed by atoms with Crippen molar-refractivity contribution in [2.24, 2.45) is 4.99 Å². The summed E-state index contributed by atoms with van der Waals surface area (Å²) in [5.41, 5.74) is 0. The Labute approximate surface area is 133 Å². The molecule has 1 atom stereocenters. The fraction of sp³-hybridized carbons (Fsp3) is 0.867. The van der Waals surface area contributed by atoms with E-state index in [1.807, 2.05) is 0 Å². The molecule has 1 fully saturated rings. The number of nitrogens with zero attached hydrogens (tertiary/aromatic N) is 2. The Bertz CT molecular complexity index is 336. The van der Waals surface area contributed by atoms with Gasteiger partial charge in [-0.3, -0.25) is 9.79 Å². The van der Waals surface area contributed by atoms with Gasteiger partial charge in [-0.25, -0.2) is 0 Å². The van der Waals surface area contributed by atoms with E-state index >= 15 is 0 Å². The van der Waals surface area contributed by atoms with E-state index in [2.05, 4.69) is 53.1 Å². The van der Waals surface area contributed by atoms with Crippen molar-refractivity contribution in [3.8, 4) is 0 Å². The zero-order valence-corrected chi connectivity index (χ0v) is 14.5. The van der Waals surface area contributed by atoms with E-state index in [4.69, 9.17) is 0 Å². The Hall–Kier alpha value is -0.910. The quantitative estimate of drug-likeness (QED) is 0.555. The highest BCUT2D eigenvalue weighted by Gasteiger charge is 2.21. The highest BCUT2D eigenvalue weighted by atomic mass is 32.2. The van der Waals surface area contributed by atoms with Gasteiger partial charge in [-0.15, -0.1) is 0 Å². The van der Waals surface area contributed by atoms with Crippen molar-refractivity contribution in [3.05, 3.63) is 0 Å². The Kier molecular flexibility index (Phi) is 9.30. The summed E-state index contributed by atoms with van der Waals surface area (Å²) in [5.74, 6) is 2.21. The monoisotopic (exact) mass is 314 g/mol. The van der Waals surface area contributed by atoms with E-state index < -0.39 is 0 Å². The van der Waals surface area contributed by atoms with Gasteiger partial charge in [0.2, 0.25) is 5.91 Å². The van der Waals surface area contributed by atoms with Gasteiger partial charge in [0.1, 0.15) is 0 Å². The van der Waals surface area contributed by atoms with Gasteiger partial charge in [-0.1, -0.05) is 13.8 Å². The van der Waals surface area contributed by atoms with Gasteiger partial charge in [-0.2, -0.15) is 11.8 Å². The lowest BCUT2D eigenvalue weighted by molar-refractivity contribution is -0.120. The number of carbonyl (C=O) groups is 1. The fourth-order valence-electron chi connectivity index (χ4n) is 2.20. The molecule has 0 aliphatic carbocycles. The first-order valence-electron chi connectivity index (χ1n) is 8.12. The molecule has 21 heavy (non-hydrogen) atoms. The van der Waals surface area contributed by atoms with Crippen molar-refractivity contribution >= 4 is 23.6 Å². The standard InChI is InChI=1S/C15H30N4OS/c1-4-8-17-14(20)7-9-18-15(16-6-3)19-10-11-21-13(5-2)12-19/h13H,4-12H2,1-3H3,(H,16,18)(H,17,20). The zero-order valence-electron chi connectivity index (χ0n) is 13.7. The second-order valence-corrected chi connectivity index (χ2v) is 6.59. The molecular formula is C15H30N4OS. The van der Waals surface area contributed by atoms with Gasteiger partial charge in [0, 0.05) is 43.6 Å². The van der Waals surface area contributed by atoms with Crippen LogP contribution in [-0.2, 0) is 4.79 Å². The van der Waals surface area contributed by atoms with E-state index in [0.29, 0.717) is 18.2 Å². The lowest BCUT2D eigenvalue weighted by Gasteiger charge is -2.34. The topological polar surface area (TPSA) is 56.7 Å². The number of guanidine groups is 1. The van der Waals surface area contributed by atoms with E-state index in [0.717, 1.165) is 44.3 Å². The number of amides is 1. The molecule has 0 radical (unpaired) electrons. The second-order valence-electron chi connectivity index (χ2n) is 5.18. The molecule has 1 aliphatic heterocycles. The molecule has 0 spiro atoms. The number of hydrogen-bond acceptors (Lipinski definition) is 3. The number of nitrogens with one attached hydrogen (secondary N) is 2. The fourth-order valence-corrected chi connectivity index (χ4v) is 3.38. The molecule has 1 rings (SSSR count). The zero-order chi connectivity index (χ0) is 15.5. The lowest BCUT2D eigenvalue weighted by Crippen LogP contribution is -2.48. The number of thioether (sulfide) groups is 1. The summed E-state index contributed by atoms with van der Waals surface area (Å²) < 4.78 is 0. The second kappa shape index (κ2) is 10.8. The third kappa shape index (κ3) is 7.07. The Morgan fingerprint density at radius 2 is 2.14 bits per heavy atom. The molecule has 5 nitrogen and oxygen atoms in total. The molecule has 0 aromatic rings. The molecule has 0 aromatic heterocycles. The van der Waals surface area contributed by atoms with Gasteiger partial charge >= 0.3 is 0 Å². The Morgan fingerprint density at radius 3 is 2.81 bits per heavy atom. The van der Waals surface area contributed by atoms with Gasteiger partial charge in [0.25, 0.3) is 0 Å². The maximum Gasteiger partial charge on any atom is 0.221 e. The molecule has 0 bridgehead atoms. The van der Waals surface area contributed by atoms with Crippen LogP contribution in [0.15, 0.2) is 4.99 Å². The third-order valence-corrected chi connectivity index (χ3v) is 4.77. The van der Waals surface area contributed by atoms with Crippen LogP contribution in [0.1, 0.15) is 40.0 Å². The molecule has 122 valence electrons. The average Bonchev–Trinajstić information content (AvgIpc) is 2.52. The van der Waals surface area contributed by atoms with Gasteiger partial charge < -0.3 is 15.5 Å². The van der Waals surface area contributed by atoms with Crippen LogP contribution in [0.4, 0.5) is 0 Å². The Balaban J connectivity index is 2.47. The van der Waals surface area contributed by atoms with Crippen molar-refractivity contribution in [2.45, 2.75) is 45.3 Å². The van der Waals surface area contributed by atoms with E-state index in [9.17, 15) is 4.79 Å². The van der Waals surface area contributed by atoms with Crippen LogP contribution in [0.5, 0.6) is 0 Å². The highest BCUT2D eigenvalue weighted by Crippen LogP contribution is 2.20. The van der Waals surface area contributed by atoms with E-state index in [1.165, 1.54) is 6.42 Å². The molecule has 1 unspecified atom stereocenters. The first kappa shape index (κ1) is 18.1. The maximum absolute atomic E-state index is 11.6. The largest absolute Gasteiger partial charge is 0.357 e. The SMILES string of the molecule is CCCNC(=O)CCN=C(NCC)N1CCSC(CC)C1. The first-order chi connectivity index (χ1) is 10.2. The van der Waals surface area contributed by atoms with Crippen LogP contribution in [0.3, 0.4) is 0 Å². The smallest absolute Gasteiger partial charge is 0.221 e. The number of rotatable bonds is 7. The maximum atomic E-state index is 11.6. The summed E-state index contributed by atoms with van der Waals surface area (Å²) in [6.07, 6.45) is 2.64. The van der Waals surface area contributed by atoms with E-state index in [-0.39, 0.29) is 5.91 Å². The number of aliphatic imine (C=N–C) groups is 1. The van der Waals surface area contributed by atoms with Crippen molar-refractivity contribution in [1.29, 1.82) is 0 Å². The molecule has 1 saturated heterocycles. The van der Waals surface area contributed by atoms with Crippen molar-refractivity contribution in [3.63, 3.8) is 0 Å². The van der Waals surface area contributed by atoms with Crippen LogP contribution in [0, 0.1) is 0 Å². The summed E-state index contributed by atoms with van der Waals surface area (Å²) in [6, 6.07) is 0. The normalized spacial score (nSPS) is 19.5. The van der Waals surface area contributed by atoms with Crippen molar-refractivity contribution in [2.75, 3.05) is 38.5 Å². The molecule has 1 aliphatic rings. The Morgan fingerprint density at radius 1 is 1.33 bits per heavy atom. The minimum Gasteiger partial charge on any atom is -0.357 e. The third-order valence-electron chi connectivity index (χ3n) is 3.40. The summed E-state index contributed by atoms with van der Waals surface area (Å²) >= 11 is 2.05. The molecule has 6 heteroatoms. The summed E-state index contributed by atoms with van der Waals surface area (Å²) in [6.45, 7) is 10.6. The number of hydrogen-bond donors (Lipinski definition) is 2. The molecule has 0 aromatic carbocycles. The molecule has 0 saturated carbocycles. The highest BCUT2D eigenvalue weighted by molar-refractivity contribution is 8.00. The first-order valence-corrected chi connectivity index (χ1v) is 9.17. The van der Waals surface area contributed by atoms with Crippen LogP contribution in [0.2, 0.25) is 0 Å². The number of carbonyl (C=O) groups excluding carboxylic acids is 1. The van der Waals surface area contributed by atoms with Crippen molar-refractivity contribution < 1.29 is 4.79 Å². The van der Waals surface area contributed by atoms with Crippen LogP contribution < -0.4 is 10.6 Å². The van der Waals surface area contributed by atoms with E-state index in [1.54, 1.807) is 0 Å². The lowest BCUT2D eigenvalue weighted by atomic mass is 10.3. The minimum atomic E-state index is 0.0945. The predicted molar refractivity (Wildman–Crippen MR) is 92.0 cm³/mol. The minimum absolute atomic E-state index is 0.0945. The summed E-state index contributed by atoms with van der Waals surface area (Å²) in [4.78, 5) is 18.5. The van der Waals surface area contributed by atoms with Crippen molar-refractivity contribution in [1.82, 2.24) is 15.5 Å². The molecular weight excluding hydrogens is 284 g/mol. The average molecular weight is 314 g/mol. The molecule has 2 N–H and O–H groups in total. The summed E-state index contributed by atoms with van der Waals surface area (Å²) in [5, 5.41) is 6.93. The van der Waals surface area contributed by atoms with Gasteiger partial charge in [0.05, 0.1) is 6.54 Å². The van der Waals surface area contributed by atoms with Crippen LogP contribution in [0.25, 0.3) is 0 Å². The summed E-state index contributed by atoms with van der Waals surface area (Å²) in [7, 11) is 0. The molecule has 1 heterocycles. The molecule has 1 amide bonds. The van der Waals surface area contributed by atoms with Gasteiger partial charge in [-0.05, 0) is 19.8 Å². The van der Waals surface area contributed by atoms with Crippen LogP contribution >= 0.6 is 11.8 Å². The van der Waals surface area contributed by atoms with Gasteiger partial charge in [0.15, 0.2) is 5.96 Å². The predicted octanol–water partition coefficient (Wildman–Crippen LogP) is 1.70. The van der Waals surface area contributed by atoms with Crippen LogP contribution in [-0.4, -0.2) is 60.5 Å².